The van der Waals surface area contributed by atoms with Crippen LogP contribution in [0.2, 0.25) is 0 Å². The van der Waals surface area contributed by atoms with Crippen molar-refractivity contribution in [3.8, 4) is 0 Å². The van der Waals surface area contributed by atoms with Crippen molar-refractivity contribution in [3.63, 3.8) is 0 Å². The molecule has 0 aliphatic heterocycles. The molecule has 0 saturated carbocycles. The van der Waals surface area contributed by atoms with Crippen LogP contribution in [0.3, 0.4) is 0 Å². The van der Waals surface area contributed by atoms with Crippen LogP contribution in [0.15, 0.2) is 41.3 Å². The fourth-order valence-electron chi connectivity index (χ4n) is 2.15. The van der Waals surface area contributed by atoms with Crippen molar-refractivity contribution in [1.82, 2.24) is 0 Å². The van der Waals surface area contributed by atoms with Crippen LogP contribution in [0.25, 0.3) is 0 Å². The van der Waals surface area contributed by atoms with Gasteiger partial charge in [-0.1, -0.05) is 12.1 Å². The second-order valence-corrected chi connectivity index (χ2v) is 6.77. The maximum atomic E-state index is 12.5. The van der Waals surface area contributed by atoms with Gasteiger partial charge in [-0.25, -0.2) is 13.2 Å². The summed E-state index contributed by atoms with van der Waals surface area (Å²) in [5.41, 5.74) is 2.86. The van der Waals surface area contributed by atoms with Crippen molar-refractivity contribution in [1.29, 1.82) is 0 Å². The fraction of sp³-hybridized carbons (Fsp3) is 0.188. The number of rotatable bonds is 4. The summed E-state index contributed by atoms with van der Waals surface area (Å²) in [5, 5.41) is 8.96. The number of carboxylic acids is 1. The van der Waals surface area contributed by atoms with Gasteiger partial charge in [0.15, 0.2) is 0 Å². The highest BCUT2D eigenvalue weighted by Gasteiger charge is 2.19. The van der Waals surface area contributed by atoms with Gasteiger partial charge in [0, 0.05) is 5.69 Å². The average Bonchev–Trinajstić information content (AvgIpc) is 2.44. The first-order valence-electron chi connectivity index (χ1n) is 6.65. The van der Waals surface area contributed by atoms with Gasteiger partial charge in [0.1, 0.15) is 0 Å². The van der Waals surface area contributed by atoms with E-state index in [1.54, 1.807) is 19.1 Å². The largest absolute Gasteiger partial charge is 0.478 e. The highest BCUT2D eigenvalue weighted by atomic mass is 32.2. The topological polar surface area (TPSA) is 83.5 Å². The van der Waals surface area contributed by atoms with Crippen LogP contribution in [0, 0.1) is 20.8 Å². The van der Waals surface area contributed by atoms with Gasteiger partial charge in [-0.05, 0) is 61.7 Å². The normalized spacial score (nSPS) is 11.2. The van der Waals surface area contributed by atoms with E-state index in [1.165, 1.54) is 24.3 Å². The molecule has 0 bridgehead atoms. The van der Waals surface area contributed by atoms with E-state index in [0.717, 1.165) is 11.1 Å². The summed E-state index contributed by atoms with van der Waals surface area (Å²) >= 11 is 0. The summed E-state index contributed by atoms with van der Waals surface area (Å²) in [6.07, 6.45) is 0. The Balaban J connectivity index is 2.42. The Morgan fingerprint density at radius 2 is 1.73 bits per heavy atom. The Hall–Kier alpha value is -2.34. The maximum absolute atomic E-state index is 12.5. The molecule has 0 spiro atoms. The van der Waals surface area contributed by atoms with Crippen molar-refractivity contribution >= 4 is 21.7 Å². The number of sulfonamides is 1. The SMILES string of the molecule is Cc1ccc(S(=O)(=O)Nc2cccc(C(=O)O)c2)c(C)c1C. The molecule has 0 aromatic heterocycles. The van der Waals surface area contributed by atoms with Crippen LogP contribution in [0.5, 0.6) is 0 Å². The molecule has 0 radical (unpaired) electrons. The fourth-order valence-corrected chi connectivity index (χ4v) is 3.50. The first kappa shape index (κ1) is 16.0. The Labute approximate surface area is 129 Å². The number of hydrogen-bond donors (Lipinski definition) is 2. The third-order valence-electron chi connectivity index (χ3n) is 3.66. The molecule has 0 amide bonds. The second kappa shape index (κ2) is 5.81. The molecule has 22 heavy (non-hydrogen) atoms. The second-order valence-electron chi connectivity index (χ2n) is 5.12. The van der Waals surface area contributed by atoms with Crippen LogP contribution >= 0.6 is 0 Å². The minimum Gasteiger partial charge on any atom is -0.478 e. The van der Waals surface area contributed by atoms with E-state index in [1.807, 2.05) is 13.8 Å². The number of hydrogen-bond acceptors (Lipinski definition) is 3. The van der Waals surface area contributed by atoms with Gasteiger partial charge >= 0.3 is 5.97 Å². The molecule has 2 aromatic rings. The zero-order valence-corrected chi connectivity index (χ0v) is 13.4. The van der Waals surface area contributed by atoms with Crippen LogP contribution < -0.4 is 4.72 Å². The summed E-state index contributed by atoms with van der Waals surface area (Å²) in [7, 11) is -3.77. The minimum absolute atomic E-state index is 0.0250. The molecule has 0 aliphatic rings. The maximum Gasteiger partial charge on any atom is 0.335 e. The van der Waals surface area contributed by atoms with Crippen molar-refractivity contribution in [2.24, 2.45) is 0 Å². The Morgan fingerprint density at radius 1 is 1.05 bits per heavy atom. The molecule has 5 nitrogen and oxygen atoms in total. The first-order chi connectivity index (χ1) is 10.2. The first-order valence-corrected chi connectivity index (χ1v) is 8.13. The number of nitrogens with one attached hydrogen (secondary N) is 1. The van der Waals surface area contributed by atoms with Gasteiger partial charge < -0.3 is 5.11 Å². The summed E-state index contributed by atoms with van der Waals surface area (Å²) in [5.74, 6) is -1.11. The molecule has 2 N–H and O–H groups in total. The molecular weight excluding hydrogens is 302 g/mol. The van der Waals surface area contributed by atoms with Crippen molar-refractivity contribution < 1.29 is 18.3 Å². The number of benzene rings is 2. The van der Waals surface area contributed by atoms with E-state index >= 15 is 0 Å². The lowest BCUT2D eigenvalue weighted by Gasteiger charge is -2.13. The van der Waals surface area contributed by atoms with Gasteiger partial charge in [-0.2, -0.15) is 0 Å². The quantitative estimate of drug-likeness (QED) is 0.907. The third-order valence-corrected chi connectivity index (χ3v) is 5.19. The monoisotopic (exact) mass is 319 g/mol. The Bertz CT molecular complexity index is 841. The summed E-state index contributed by atoms with van der Waals surface area (Å²) in [6, 6.07) is 9.01. The highest BCUT2D eigenvalue weighted by Crippen LogP contribution is 2.24. The number of aromatic carboxylic acids is 1. The van der Waals surface area contributed by atoms with E-state index in [2.05, 4.69) is 4.72 Å². The average molecular weight is 319 g/mol. The lowest BCUT2D eigenvalue weighted by atomic mass is 10.1. The molecule has 0 fully saturated rings. The van der Waals surface area contributed by atoms with E-state index in [9.17, 15) is 13.2 Å². The zero-order chi connectivity index (χ0) is 16.5. The Kier molecular flexibility index (Phi) is 4.23. The van der Waals surface area contributed by atoms with E-state index < -0.39 is 16.0 Å². The highest BCUT2D eigenvalue weighted by molar-refractivity contribution is 7.92. The number of carbonyl (C=O) groups is 1. The Morgan fingerprint density at radius 3 is 2.36 bits per heavy atom. The van der Waals surface area contributed by atoms with Crippen LogP contribution in [0.4, 0.5) is 5.69 Å². The van der Waals surface area contributed by atoms with E-state index in [0.29, 0.717) is 5.56 Å². The molecule has 0 saturated heterocycles. The lowest BCUT2D eigenvalue weighted by Crippen LogP contribution is -2.15. The number of carboxylic acid groups (broad SMARTS) is 1. The molecule has 0 atom stereocenters. The molecule has 116 valence electrons. The minimum atomic E-state index is -3.77. The van der Waals surface area contributed by atoms with Crippen LogP contribution in [0.1, 0.15) is 27.0 Å². The molecule has 0 unspecified atom stereocenters. The molecule has 0 aliphatic carbocycles. The van der Waals surface area contributed by atoms with Gasteiger partial charge in [0.05, 0.1) is 10.5 Å². The van der Waals surface area contributed by atoms with Crippen molar-refractivity contribution in [3.05, 3.63) is 58.7 Å². The van der Waals surface area contributed by atoms with Gasteiger partial charge in [0.2, 0.25) is 0 Å². The van der Waals surface area contributed by atoms with Crippen LogP contribution in [-0.2, 0) is 10.0 Å². The standard InChI is InChI=1S/C16H17NO4S/c1-10-7-8-15(12(3)11(10)2)22(20,21)17-14-6-4-5-13(9-14)16(18)19/h4-9,17H,1-3H3,(H,18,19). The number of anilines is 1. The third kappa shape index (κ3) is 3.12. The molecule has 2 rings (SSSR count). The van der Waals surface area contributed by atoms with E-state index in [4.69, 9.17) is 5.11 Å². The lowest BCUT2D eigenvalue weighted by molar-refractivity contribution is 0.0697. The van der Waals surface area contributed by atoms with Gasteiger partial charge in [0.25, 0.3) is 10.0 Å². The number of aryl methyl sites for hydroxylation is 1. The summed E-state index contributed by atoms with van der Waals surface area (Å²) in [6.45, 7) is 5.54. The molecule has 6 heteroatoms. The van der Waals surface area contributed by atoms with Gasteiger partial charge in [-0.15, -0.1) is 0 Å². The molecule has 2 aromatic carbocycles. The van der Waals surface area contributed by atoms with Crippen molar-refractivity contribution in [2.45, 2.75) is 25.7 Å². The predicted octanol–water partition coefficient (Wildman–Crippen LogP) is 3.11. The summed E-state index contributed by atoms with van der Waals surface area (Å²) in [4.78, 5) is 11.1. The van der Waals surface area contributed by atoms with Crippen LogP contribution in [-0.4, -0.2) is 19.5 Å². The zero-order valence-electron chi connectivity index (χ0n) is 12.5. The van der Waals surface area contributed by atoms with E-state index in [-0.39, 0.29) is 16.1 Å². The molecular formula is C16H17NO4S. The summed E-state index contributed by atoms with van der Waals surface area (Å²) < 4.78 is 27.4. The van der Waals surface area contributed by atoms with Gasteiger partial charge in [-0.3, -0.25) is 4.72 Å². The smallest absolute Gasteiger partial charge is 0.335 e. The van der Waals surface area contributed by atoms with Crippen molar-refractivity contribution in [2.75, 3.05) is 4.72 Å². The predicted molar refractivity (Wildman–Crippen MR) is 84.9 cm³/mol. The molecule has 0 heterocycles.